The van der Waals surface area contributed by atoms with Crippen molar-refractivity contribution in [2.24, 2.45) is 0 Å². The highest BCUT2D eigenvalue weighted by molar-refractivity contribution is 6.14. The summed E-state index contributed by atoms with van der Waals surface area (Å²) < 4.78 is 0. The topological polar surface area (TPSA) is 77.8 Å². The van der Waals surface area contributed by atoms with Gasteiger partial charge in [-0.2, -0.15) is 0 Å². The summed E-state index contributed by atoms with van der Waals surface area (Å²) in [5.74, 6) is -1.03. The zero-order chi connectivity index (χ0) is 17.4. The lowest BCUT2D eigenvalue weighted by Crippen LogP contribution is -2.56. The monoisotopic (exact) mass is 323 g/mol. The molecule has 0 bridgehead atoms. The number of benzene rings is 2. The Hall–Kier alpha value is -2.50. The summed E-state index contributed by atoms with van der Waals surface area (Å²) in [4.78, 5) is 26.5. The molecule has 0 saturated heterocycles. The summed E-state index contributed by atoms with van der Waals surface area (Å²) in [5, 5.41) is 22.9. The molecule has 2 atom stereocenters. The van der Waals surface area contributed by atoms with E-state index < -0.39 is 23.0 Å². The Kier molecular flexibility index (Phi) is 2.71. The van der Waals surface area contributed by atoms with E-state index in [1.54, 1.807) is 36.4 Å². The highest BCUT2D eigenvalue weighted by Crippen LogP contribution is 2.60. The van der Waals surface area contributed by atoms with E-state index in [1.165, 1.54) is 6.92 Å². The van der Waals surface area contributed by atoms with E-state index in [9.17, 15) is 19.8 Å². The van der Waals surface area contributed by atoms with E-state index in [0.717, 1.165) is 16.0 Å². The van der Waals surface area contributed by atoms with Gasteiger partial charge in [0.1, 0.15) is 0 Å². The third-order valence-electron chi connectivity index (χ3n) is 5.26. The fourth-order valence-corrected chi connectivity index (χ4v) is 3.97. The molecule has 1 aliphatic carbocycles. The van der Waals surface area contributed by atoms with Crippen LogP contribution < -0.4 is 4.90 Å². The molecule has 5 heteroatoms. The number of amides is 1. The second-order valence-corrected chi connectivity index (χ2v) is 6.57. The zero-order valence-electron chi connectivity index (χ0n) is 13.6. The minimum atomic E-state index is -2.20. The van der Waals surface area contributed by atoms with Crippen LogP contribution >= 0.6 is 0 Å². The van der Waals surface area contributed by atoms with Crippen LogP contribution in [0.25, 0.3) is 0 Å². The number of Topliss-reactive ketones (excluding diaryl/α,β-unsaturated/α-hetero) is 1. The van der Waals surface area contributed by atoms with Gasteiger partial charge in [-0.3, -0.25) is 14.5 Å². The first-order valence-electron chi connectivity index (χ1n) is 7.76. The predicted molar refractivity (Wildman–Crippen MR) is 87.6 cm³/mol. The van der Waals surface area contributed by atoms with Crippen LogP contribution in [0.2, 0.25) is 0 Å². The van der Waals surface area contributed by atoms with Crippen molar-refractivity contribution in [1.29, 1.82) is 0 Å². The molecule has 0 spiro atoms. The number of carbonyl (C=O) groups is 2. The van der Waals surface area contributed by atoms with Gasteiger partial charge in [-0.25, -0.2) is 0 Å². The lowest BCUT2D eigenvalue weighted by Gasteiger charge is -2.36. The van der Waals surface area contributed by atoms with E-state index in [2.05, 4.69) is 0 Å². The maximum absolute atomic E-state index is 13.0. The fourth-order valence-electron chi connectivity index (χ4n) is 3.97. The number of rotatable bonds is 0. The molecule has 2 N–H and O–H groups in total. The summed E-state index contributed by atoms with van der Waals surface area (Å²) in [6.07, 6.45) is 0. The smallest absolute Gasteiger partial charge is 0.226 e. The summed E-state index contributed by atoms with van der Waals surface area (Å²) >= 11 is 0. The Bertz CT molecular complexity index is 935. The number of aliphatic hydroxyl groups is 2. The van der Waals surface area contributed by atoms with Crippen LogP contribution in [-0.4, -0.2) is 21.9 Å². The number of ketones is 1. The minimum Gasteiger partial charge on any atom is -0.372 e. The van der Waals surface area contributed by atoms with Gasteiger partial charge in [0.15, 0.2) is 0 Å². The molecular weight excluding hydrogens is 306 g/mol. The third kappa shape index (κ3) is 1.38. The van der Waals surface area contributed by atoms with Crippen molar-refractivity contribution < 1.29 is 19.8 Å². The van der Waals surface area contributed by atoms with Gasteiger partial charge in [0.05, 0.1) is 5.69 Å². The van der Waals surface area contributed by atoms with E-state index >= 15 is 0 Å². The van der Waals surface area contributed by atoms with Crippen molar-refractivity contribution in [2.45, 2.75) is 32.1 Å². The molecule has 4 rings (SSSR count). The van der Waals surface area contributed by atoms with Crippen molar-refractivity contribution in [3.63, 3.8) is 0 Å². The molecule has 1 heterocycles. The standard InChI is InChI=1S/C19H17NO4/c1-10-8-15-16(9-11(10)2)20(12(3)21)19(24)14-7-5-4-6-13(14)17(22)18(15,19)23/h4-9,23-24H,1-3H3. The van der Waals surface area contributed by atoms with Crippen molar-refractivity contribution >= 4 is 17.4 Å². The first kappa shape index (κ1) is 15.1. The number of hydrogen-bond donors (Lipinski definition) is 2. The van der Waals surface area contributed by atoms with Crippen LogP contribution in [0.5, 0.6) is 0 Å². The average Bonchev–Trinajstić information content (AvgIpc) is 2.84. The molecule has 5 nitrogen and oxygen atoms in total. The molecule has 2 aromatic rings. The van der Waals surface area contributed by atoms with Gasteiger partial charge < -0.3 is 10.2 Å². The largest absolute Gasteiger partial charge is 0.372 e. The molecule has 1 amide bonds. The first-order valence-corrected chi connectivity index (χ1v) is 7.76. The molecule has 0 fully saturated rings. The second-order valence-electron chi connectivity index (χ2n) is 6.57. The molecule has 2 aromatic carbocycles. The van der Waals surface area contributed by atoms with E-state index in [1.807, 2.05) is 13.8 Å². The Labute approximate surface area is 139 Å². The van der Waals surface area contributed by atoms with Crippen LogP contribution in [-0.2, 0) is 16.1 Å². The van der Waals surface area contributed by atoms with Gasteiger partial charge >= 0.3 is 0 Å². The quantitative estimate of drug-likeness (QED) is 0.776. The van der Waals surface area contributed by atoms with Crippen molar-refractivity contribution in [1.82, 2.24) is 0 Å². The van der Waals surface area contributed by atoms with Crippen LogP contribution in [0.3, 0.4) is 0 Å². The maximum atomic E-state index is 13.0. The molecule has 2 unspecified atom stereocenters. The first-order chi connectivity index (χ1) is 11.2. The van der Waals surface area contributed by atoms with Crippen LogP contribution in [0.15, 0.2) is 36.4 Å². The summed E-state index contributed by atoms with van der Waals surface area (Å²) in [7, 11) is 0. The molecule has 0 saturated carbocycles. The van der Waals surface area contributed by atoms with Gasteiger partial charge in [-0.15, -0.1) is 0 Å². The van der Waals surface area contributed by atoms with Gasteiger partial charge in [0, 0.05) is 23.6 Å². The molecule has 1 aliphatic heterocycles. The van der Waals surface area contributed by atoms with Gasteiger partial charge in [0.2, 0.25) is 23.0 Å². The Balaban J connectivity index is 2.15. The number of fused-ring (bicyclic) bond motifs is 5. The normalized spacial score (nSPS) is 27.0. The molecule has 2 aliphatic rings. The van der Waals surface area contributed by atoms with E-state index in [-0.39, 0.29) is 16.7 Å². The second kappa shape index (κ2) is 4.32. The number of nitrogens with zero attached hydrogens (tertiary/aromatic N) is 1. The van der Waals surface area contributed by atoms with Crippen LogP contribution in [0.4, 0.5) is 5.69 Å². The summed E-state index contributed by atoms with van der Waals surface area (Å²) in [6.45, 7) is 5.06. The molecule has 0 aromatic heterocycles. The van der Waals surface area contributed by atoms with Crippen LogP contribution in [0, 0.1) is 13.8 Å². The SMILES string of the molecule is CC(=O)N1c2cc(C)c(C)cc2C2(O)C(=O)c3ccccc3C12O. The number of hydrogen-bond acceptors (Lipinski definition) is 4. The Morgan fingerprint density at radius 2 is 1.67 bits per heavy atom. The third-order valence-corrected chi connectivity index (χ3v) is 5.26. The van der Waals surface area contributed by atoms with Crippen molar-refractivity contribution in [2.75, 3.05) is 4.90 Å². The lowest BCUT2D eigenvalue weighted by atomic mass is 9.85. The van der Waals surface area contributed by atoms with Gasteiger partial charge in [0.25, 0.3) is 0 Å². The molecule has 24 heavy (non-hydrogen) atoms. The average molecular weight is 323 g/mol. The van der Waals surface area contributed by atoms with Gasteiger partial charge in [-0.05, 0) is 31.0 Å². The summed E-state index contributed by atoms with van der Waals surface area (Å²) in [5.41, 5.74) is -1.42. The van der Waals surface area contributed by atoms with Crippen LogP contribution in [0.1, 0.15) is 39.5 Å². The Morgan fingerprint density at radius 3 is 2.33 bits per heavy atom. The molecular formula is C19H17NO4. The predicted octanol–water partition coefficient (Wildman–Crippen LogP) is 1.90. The molecule has 0 radical (unpaired) electrons. The van der Waals surface area contributed by atoms with Gasteiger partial charge in [-0.1, -0.05) is 30.3 Å². The van der Waals surface area contributed by atoms with E-state index in [4.69, 9.17) is 0 Å². The zero-order valence-corrected chi connectivity index (χ0v) is 13.6. The lowest BCUT2D eigenvalue weighted by molar-refractivity contribution is -0.138. The fraction of sp³-hybridized carbons (Fsp3) is 0.263. The maximum Gasteiger partial charge on any atom is 0.226 e. The number of anilines is 1. The van der Waals surface area contributed by atoms with E-state index in [0.29, 0.717) is 5.69 Å². The summed E-state index contributed by atoms with van der Waals surface area (Å²) in [6, 6.07) is 9.90. The van der Waals surface area contributed by atoms with Crippen molar-refractivity contribution in [3.8, 4) is 0 Å². The number of aryl methyl sites for hydroxylation is 2. The highest BCUT2D eigenvalue weighted by Gasteiger charge is 2.72. The Morgan fingerprint density at radius 1 is 1.04 bits per heavy atom. The molecule has 122 valence electrons. The minimum absolute atomic E-state index is 0.234. The highest BCUT2D eigenvalue weighted by atomic mass is 16.4. The number of carbonyl (C=O) groups excluding carboxylic acids is 2. The van der Waals surface area contributed by atoms with Crippen molar-refractivity contribution in [3.05, 3.63) is 64.2 Å².